The van der Waals surface area contributed by atoms with Gasteiger partial charge in [-0.3, -0.25) is 9.97 Å². The van der Waals surface area contributed by atoms with Gasteiger partial charge in [0, 0.05) is 62.4 Å². The third-order valence-electron chi connectivity index (χ3n) is 7.42. The summed E-state index contributed by atoms with van der Waals surface area (Å²) in [5, 5.41) is 16.4. The number of carbonyl (C=O) groups is 1. The predicted octanol–water partition coefficient (Wildman–Crippen LogP) is 7.49. The van der Waals surface area contributed by atoms with Crippen LogP contribution in [-0.4, -0.2) is 64.0 Å². The van der Waals surface area contributed by atoms with E-state index in [-0.39, 0.29) is 17.1 Å². The van der Waals surface area contributed by atoms with Crippen LogP contribution in [0.25, 0.3) is 20.8 Å². The van der Waals surface area contributed by atoms with E-state index in [1.807, 2.05) is 24.4 Å². The number of halogens is 1. The molecule has 3 N–H and O–H groups in total. The lowest BCUT2D eigenvalue weighted by molar-refractivity contribution is 0.106. The molecule has 5 rings (SSSR count). The minimum Gasteiger partial charge on any atom is -0.465 e. The first-order valence-corrected chi connectivity index (χ1v) is 15.6. The van der Waals surface area contributed by atoms with Gasteiger partial charge in [-0.1, -0.05) is 26.8 Å². The number of methoxy groups -OCH3 is 1. The van der Waals surface area contributed by atoms with E-state index >= 15 is 4.39 Å². The van der Waals surface area contributed by atoms with Gasteiger partial charge < -0.3 is 30.1 Å². The Hall–Kier alpha value is -3.87. The summed E-state index contributed by atoms with van der Waals surface area (Å²) < 4.78 is 26.9. The highest BCUT2D eigenvalue weighted by Crippen LogP contribution is 2.40. The Balaban J connectivity index is 1.33. The zero-order chi connectivity index (χ0) is 31.4. The Morgan fingerprint density at radius 2 is 1.98 bits per heavy atom. The number of rotatable bonds is 11. The fourth-order valence-electron chi connectivity index (χ4n) is 4.80. The number of ether oxygens (including phenoxy) is 2. The molecule has 3 aromatic heterocycles. The number of hydrogen-bond acceptors (Lipinski definition) is 7. The molecule has 1 atom stereocenters. The topological polar surface area (TPSA) is 109 Å². The summed E-state index contributed by atoms with van der Waals surface area (Å²) in [6, 6.07) is 12.6. The number of aromatic nitrogens is 2. The van der Waals surface area contributed by atoms with Crippen LogP contribution in [0.1, 0.15) is 45.1 Å². The normalized spacial score (nSPS) is 13.8. The van der Waals surface area contributed by atoms with Crippen molar-refractivity contribution in [1.82, 2.24) is 20.2 Å². The van der Waals surface area contributed by atoms with Crippen LogP contribution in [0.2, 0.25) is 0 Å². The maximum Gasteiger partial charge on any atom is 0.407 e. The fraction of sp³-hybridized carbons (Fsp3) is 0.375. The maximum atomic E-state index is 15.0. The number of hydrogen-bond donors (Lipinski definition) is 3. The van der Waals surface area contributed by atoms with Crippen LogP contribution in [0.3, 0.4) is 0 Å². The van der Waals surface area contributed by atoms with Crippen molar-refractivity contribution < 1.29 is 23.8 Å². The summed E-state index contributed by atoms with van der Waals surface area (Å²) in [6.07, 6.45) is 4.65. The number of amides is 1. The third-order valence-corrected chi connectivity index (χ3v) is 8.80. The van der Waals surface area contributed by atoms with Gasteiger partial charge in [-0.2, -0.15) is 0 Å². The molecule has 1 aliphatic rings. The predicted molar refractivity (Wildman–Crippen MR) is 175 cm³/mol. The number of pyridine rings is 2. The van der Waals surface area contributed by atoms with Crippen molar-refractivity contribution in [3.8, 4) is 22.1 Å². The number of anilines is 1. The van der Waals surface area contributed by atoms with E-state index in [0.29, 0.717) is 47.8 Å². The van der Waals surface area contributed by atoms with Gasteiger partial charge in [0.15, 0.2) is 16.7 Å². The van der Waals surface area contributed by atoms with Gasteiger partial charge >= 0.3 is 6.09 Å². The van der Waals surface area contributed by atoms with Crippen molar-refractivity contribution in [3.63, 3.8) is 0 Å². The highest BCUT2D eigenvalue weighted by molar-refractivity contribution is 7.80. The zero-order valence-corrected chi connectivity index (χ0v) is 26.7. The number of carboxylic acid groups (broad SMARTS) is 1. The van der Waals surface area contributed by atoms with Crippen molar-refractivity contribution in [2.45, 2.75) is 45.6 Å². The van der Waals surface area contributed by atoms with Crippen molar-refractivity contribution >= 4 is 50.7 Å². The summed E-state index contributed by atoms with van der Waals surface area (Å²) in [5.74, 6) is -0.00963. The van der Waals surface area contributed by atoms with Crippen molar-refractivity contribution in [2.75, 3.05) is 32.1 Å². The van der Waals surface area contributed by atoms with Gasteiger partial charge in [0.05, 0.1) is 27.4 Å². The van der Waals surface area contributed by atoms with E-state index in [1.165, 1.54) is 22.3 Å². The molecule has 1 amide bonds. The molecule has 232 valence electrons. The van der Waals surface area contributed by atoms with Crippen LogP contribution in [0, 0.1) is 11.2 Å². The second-order valence-electron chi connectivity index (χ2n) is 11.9. The molecule has 44 heavy (non-hydrogen) atoms. The van der Waals surface area contributed by atoms with Crippen LogP contribution in [0.15, 0.2) is 54.9 Å². The summed E-state index contributed by atoms with van der Waals surface area (Å²) in [4.78, 5) is 23.4. The quantitative estimate of drug-likeness (QED) is 0.144. The van der Waals surface area contributed by atoms with Gasteiger partial charge in [-0.25, -0.2) is 9.18 Å². The van der Waals surface area contributed by atoms with Crippen LogP contribution >= 0.6 is 23.6 Å². The molecule has 12 heteroatoms. The van der Waals surface area contributed by atoms with Crippen molar-refractivity contribution in [3.05, 3.63) is 66.2 Å². The molecule has 1 saturated carbocycles. The van der Waals surface area contributed by atoms with E-state index in [2.05, 4.69) is 36.4 Å². The lowest BCUT2D eigenvalue weighted by Crippen LogP contribution is -2.39. The van der Waals surface area contributed by atoms with Crippen molar-refractivity contribution in [2.24, 2.45) is 5.41 Å². The molecule has 3 heterocycles. The minimum absolute atomic E-state index is 0.0809. The first kappa shape index (κ1) is 31.6. The number of benzene rings is 1. The van der Waals surface area contributed by atoms with Gasteiger partial charge in [0.25, 0.3) is 0 Å². The van der Waals surface area contributed by atoms with Crippen LogP contribution in [0.5, 0.6) is 11.5 Å². The Morgan fingerprint density at radius 3 is 2.61 bits per heavy atom. The smallest absolute Gasteiger partial charge is 0.407 e. The molecule has 9 nitrogen and oxygen atoms in total. The minimum atomic E-state index is -0.977. The summed E-state index contributed by atoms with van der Waals surface area (Å²) in [5.41, 5.74) is 2.75. The second-order valence-corrected chi connectivity index (χ2v) is 13.3. The molecule has 0 aliphatic heterocycles. The summed E-state index contributed by atoms with van der Waals surface area (Å²) in [7, 11) is 1.56. The average molecular weight is 638 g/mol. The van der Waals surface area contributed by atoms with Crippen LogP contribution in [0.4, 0.5) is 14.9 Å². The fourth-order valence-corrected chi connectivity index (χ4v) is 6.13. The maximum absolute atomic E-state index is 15.0. The Bertz CT molecular complexity index is 1640. The largest absolute Gasteiger partial charge is 0.465 e. The Morgan fingerprint density at radius 1 is 1.18 bits per heavy atom. The van der Waals surface area contributed by atoms with E-state index < -0.39 is 11.9 Å². The molecule has 0 radical (unpaired) electrons. The second kappa shape index (κ2) is 13.4. The van der Waals surface area contributed by atoms with Crippen LogP contribution in [-0.2, 0) is 4.74 Å². The van der Waals surface area contributed by atoms with E-state index in [4.69, 9.17) is 26.7 Å². The first-order valence-electron chi connectivity index (χ1n) is 14.4. The molecule has 1 aromatic carbocycles. The molecule has 1 fully saturated rings. The number of thiophene rings is 1. The number of nitrogens with one attached hydrogen (secondary N) is 2. The van der Waals surface area contributed by atoms with E-state index in [0.717, 1.165) is 33.7 Å². The van der Waals surface area contributed by atoms with Gasteiger partial charge in [-0.05, 0) is 60.3 Å². The molecule has 4 aromatic rings. The average Bonchev–Trinajstić information content (AvgIpc) is 3.67. The standard InChI is InChI=1S/C32H36FN5O4S2/c1-32(2,3)22(18-38(31(39)40)13-14-41-4)19-5-9-24(35-17-19)28-16-25-29(44-28)27(11-12-34-25)42-26-10-8-21(15-23(26)33)37-30(43)36-20-6-7-20/h5,8-12,15-17,20,22H,6-7,13-14,18H2,1-4H3,(H,39,40)(H2,36,37,43). The van der Waals surface area contributed by atoms with Crippen LogP contribution < -0.4 is 15.4 Å². The SMILES string of the molecule is COCCN(CC(c1ccc(-c2cc3nccc(Oc4ccc(NC(=S)NC5CC5)cc4F)c3s2)nc1)C(C)(C)C)C(=O)O. The van der Waals surface area contributed by atoms with Gasteiger partial charge in [0.1, 0.15) is 5.75 Å². The summed E-state index contributed by atoms with van der Waals surface area (Å²) >= 11 is 6.75. The Labute approximate surface area is 265 Å². The highest BCUT2D eigenvalue weighted by Gasteiger charge is 2.30. The molecule has 0 saturated heterocycles. The molecular weight excluding hydrogens is 602 g/mol. The summed E-state index contributed by atoms with van der Waals surface area (Å²) in [6.45, 7) is 7.22. The third kappa shape index (κ3) is 7.79. The van der Waals surface area contributed by atoms with Gasteiger partial charge in [-0.15, -0.1) is 11.3 Å². The molecule has 1 unspecified atom stereocenters. The zero-order valence-electron chi connectivity index (χ0n) is 25.1. The number of nitrogens with zero attached hydrogens (tertiary/aromatic N) is 3. The molecule has 1 aliphatic carbocycles. The molecule has 0 spiro atoms. The highest BCUT2D eigenvalue weighted by atomic mass is 32.1. The monoisotopic (exact) mass is 637 g/mol. The number of thiocarbonyl (C=S) groups is 1. The number of fused-ring (bicyclic) bond motifs is 1. The van der Waals surface area contributed by atoms with E-state index in [9.17, 15) is 9.90 Å². The Kier molecular flexibility index (Phi) is 9.62. The van der Waals surface area contributed by atoms with E-state index in [1.54, 1.807) is 31.5 Å². The molecular formula is C32H36FN5O4S2. The van der Waals surface area contributed by atoms with Gasteiger partial charge in [0.2, 0.25) is 0 Å². The first-order chi connectivity index (χ1) is 21.0. The van der Waals surface area contributed by atoms with Crippen molar-refractivity contribution in [1.29, 1.82) is 0 Å². The lowest BCUT2D eigenvalue weighted by Gasteiger charge is -2.34. The molecule has 0 bridgehead atoms. The lowest BCUT2D eigenvalue weighted by atomic mass is 9.76.